The van der Waals surface area contributed by atoms with Crippen LogP contribution in [0.25, 0.3) is 0 Å². The second-order valence-corrected chi connectivity index (χ2v) is 5.38. The second kappa shape index (κ2) is 5.94. The van der Waals surface area contributed by atoms with Crippen molar-refractivity contribution in [3.63, 3.8) is 0 Å². The van der Waals surface area contributed by atoms with Crippen LogP contribution in [-0.4, -0.2) is 12.0 Å². The van der Waals surface area contributed by atoms with Crippen LogP contribution in [0.3, 0.4) is 0 Å². The molecule has 0 aliphatic rings. The summed E-state index contributed by atoms with van der Waals surface area (Å²) in [5.74, 6) is -0.640. The zero-order valence-electron chi connectivity index (χ0n) is 9.68. The molecular formula is C12H8Cl2F2N2S. The van der Waals surface area contributed by atoms with Crippen LogP contribution in [-0.2, 0) is 0 Å². The van der Waals surface area contributed by atoms with Crippen LogP contribution in [0.1, 0.15) is 0 Å². The van der Waals surface area contributed by atoms with E-state index in [0.29, 0.717) is 15.9 Å². The minimum atomic E-state index is -0.537. The Hall–Kier alpha value is -1.04. The fourth-order valence-electron chi connectivity index (χ4n) is 1.36. The number of aromatic nitrogens is 1. The maximum absolute atomic E-state index is 13.5. The molecule has 0 amide bonds. The van der Waals surface area contributed by atoms with Crippen LogP contribution >= 0.6 is 35.0 Å². The first-order valence-electron chi connectivity index (χ1n) is 5.18. The maximum atomic E-state index is 13.5. The molecule has 2 rings (SSSR count). The Morgan fingerprint density at radius 1 is 1.16 bits per heavy atom. The van der Waals surface area contributed by atoms with Gasteiger partial charge in [-0.15, -0.1) is 0 Å². The van der Waals surface area contributed by atoms with Crippen LogP contribution in [0.5, 0.6) is 0 Å². The summed E-state index contributed by atoms with van der Waals surface area (Å²) in [5.41, 5.74) is 0. The number of rotatable bonds is 3. The van der Waals surface area contributed by atoms with Crippen LogP contribution in [0.15, 0.2) is 34.2 Å². The van der Waals surface area contributed by atoms with Crippen molar-refractivity contribution in [1.82, 2.24) is 4.98 Å². The third-order valence-electron chi connectivity index (χ3n) is 2.23. The molecule has 100 valence electrons. The van der Waals surface area contributed by atoms with Crippen LogP contribution in [0, 0.1) is 11.6 Å². The van der Waals surface area contributed by atoms with E-state index in [1.807, 2.05) is 0 Å². The predicted octanol–water partition coefficient (Wildman–Crippen LogP) is 4.86. The fraction of sp³-hybridized carbons (Fsp3) is 0.0833. The van der Waals surface area contributed by atoms with E-state index < -0.39 is 11.6 Å². The van der Waals surface area contributed by atoms with Crippen molar-refractivity contribution in [2.45, 2.75) is 9.92 Å². The number of anilines is 1. The normalized spacial score (nSPS) is 10.6. The minimum Gasteiger partial charge on any atom is -0.372 e. The van der Waals surface area contributed by atoms with Gasteiger partial charge in [0.25, 0.3) is 0 Å². The van der Waals surface area contributed by atoms with Crippen LogP contribution in [0.4, 0.5) is 14.6 Å². The van der Waals surface area contributed by atoms with Gasteiger partial charge in [0.15, 0.2) is 0 Å². The Morgan fingerprint density at radius 3 is 2.58 bits per heavy atom. The molecule has 0 bridgehead atoms. The highest BCUT2D eigenvalue weighted by molar-refractivity contribution is 7.99. The topological polar surface area (TPSA) is 24.9 Å². The van der Waals surface area contributed by atoms with E-state index in [1.54, 1.807) is 7.05 Å². The minimum absolute atomic E-state index is 0.110. The standard InChI is InChI=1S/C12H8Cl2F2N2S/c1-17-11-7(13)5-8(14)12(18-11)19-10-4-6(15)2-3-9(10)16/h2-5H,1H3,(H,17,18). The van der Waals surface area contributed by atoms with Gasteiger partial charge in [-0.1, -0.05) is 35.0 Å². The highest BCUT2D eigenvalue weighted by Gasteiger charge is 2.13. The predicted molar refractivity (Wildman–Crippen MR) is 74.3 cm³/mol. The molecule has 0 radical (unpaired) electrons. The summed E-state index contributed by atoms with van der Waals surface area (Å²) in [6, 6.07) is 4.70. The highest BCUT2D eigenvalue weighted by Crippen LogP contribution is 2.36. The molecule has 2 nitrogen and oxygen atoms in total. The first-order chi connectivity index (χ1) is 9.01. The first-order valence-corrected chi connectivity index (χ1v) is 6.75. The molecule has 2 aromatic rings. The van der Waals surface area contributed by atoms with Crippen molar-refractivity contribution in [3.05, 3.63) is 45.9 Å². The van der Waals surface area contributed by atoms with Gasteiger partial charge in [0.2, 0.25) is 0 Å². The molecule has 0 spiro atoms. The molecule has 0 aliphatic heterocycles. The quantitative estimate of drug-likeness (QED) is 0.874. The van der Waals surface area contributed by atoms with Gasteiger partial charge in [0.05, 0.1) is 14.9 Å². The van der Waals surface area contributed by atoms with E-state index in [4.69, 9.17) is 23.2 Å². The molecule has 7 heteroatoms. The summed E-state index contributed by atoms with van der Waals surface area (Å²) in [7, 11) is 1.65. The third kappa shape index (κ3) is 3.29. The molecule has 0 saturated heterocycles. The van der Waals surface area contributed by atoms with Gasteiger partial charge in [0, 0.05) is 7.05 Å². The number of benzene rings is 1. The molecule has 1 heterocycles. The van der Waals surface area contributed by atoms with Crippen molar-refractivity contribution >= 4 is 40.8 Å². The lowest BCUT2D eigenvalue weighted by Gasteiger charge is -2.08. The molecule has 0 unspecified atom stereocenters. The highest BCUT2D eigenvalue weighted by atomic mass is 35.5. The van der Waals surface area contributed by atoms with Gasteiger partial charge < -0.3 is 5.32 Å². The Morgan fingerprint density at radius 2 is 1.89 bits per heavy atom. The third-order valence-corrected chi connectivity index (χ3v) is 3.96. The monoisotopic (exact) mass is 320 g/mol. The van der Waals surface area contributed by atoms with Crippen molar-refractivity contribution in [3.8, 4) is 0 Å². The molecule has 0 atom stereocenters. The lowest BCUT2D eigenvalue weighted by Crippen LogP contribution is -1.95. The lowest BCUT2D eigenvalue weighted by molar-refractivity contribution is 0.577. The van der Waals surface area contributed by atoms with Gasteiger partial charge in [-0.05, 0) is 24.3 Å². The smallest absolute Gasteiger partial charge is 0.146 e. The van der Waals surface area contributed by atoms with Crippen molar-refractivity contribution in [2.75, 3.05) is 12.4 Å². The number of pyridine rings is 1. The number of nitrogens with zero attached hydrogens (tertiary/aromatic N) is 1. The fourth-order valence-corrected chi connectivity index (χ4v) is 2.76. The number of hydrogen-bond donors (Lipinski definition) is 1. The lowest BCUT2D eigenvalue weighted by atomic mass is 10.3. The summed E-state index contributed by atoms with van der Waals surface area (Å²) in [5, 5.41) is 3.77. The number of nitrogens with one attached hydrogen (secondary N) is 1. The Labute approximate surface area is 123 Å². The summed E-state index contributed by atoms with van der Waals surface area (Å²) in [6.07, 6.45) is 0. The van der Waals surface area contributed by atoms with E-state index in [0.717, 1.165) is 30.0 Å². The van der Waals surface area contributed by atoms with Crippen molar-refractivity contribution in [2.24, 2.45) is 0 Å². The zero-order chi connectivity index (χ0) is 14.0. The van der Waals surface area contributed by atoms with Crippen molar-refractivity contribution in [1.29, 1.82) is 0 Å². The van der Waals surface area contributed by atoms with Crippen molar-refractivity contribution < 1.29 is 8.78 Å². The molecule has 0 fully saturated rings. The molecule has 0 aliphatic carbocycles. The number of halogens is 4. The average molecular weight is 321 g/mol. The molecule has 1 N–H and O–H groups in total. The largest absolute Gasteiger partial charge is 0.372 e. The molecule has 1 aromatic carbocycles. The molecule has 1 aromatic heterocycles. The van der Waals surface area contributed by atoms with E-state index in [1.165, 1.54) is 6.07 Å². The Balaban J connectivity index is 2.40. The summed E-state index contributed by atoms with van der Waals surface area (Å²) in [4.78, 5) is 4.27. The van der Waals surface area contributed by atoms with Crippen LogP contribution < -0.4 is 5.32 Å². The van der Waals surface area contributed by atoms with E-state index >= 15 is 0 Å². The Bertz CT molecular complexity index is 623. The number of hydrogen-bond acceptors (Lipinski definition) is 3. The second-order valence-electron chi connectivity index (χ2n) is 3.53. The van der Waals surface area contributed by atoms with E-state index in [-0.39, 0.29) is 9.92 Å². The van der Waals surface area contributed by atoms with Crippen LogP contribution in [0.2, 0.25) is 10.0 Å². The zero-order valence-corrected chi connectivity index (χ0v) is 12.0. The summed E-state index contributed by atoms with van der Waals surface area (Å²) in [6.45, 7) is 0. The summed E-state index contributed by atoms with van der Waals surface area (Å²) >= 11 is 12.8. The summed E-state index contributed by atoms with van der Waals surface area (Å²) < 4.78 is 26.6. The SMILES string of the molecule is CNc1nc(Sc2cc(F)ccc2F)c(Cl)cc1Cl. The van der Waals surface area contributed by atoms with Gasteiger partial charge in [0.1, 0.15) is 22.5 Å². The van der Waals surface area contributed by atoms with Gasteiger partial charge in [-0.3, -0.25) is 0 Å². The first kappa shape index (κ1) is 14.4. The van der Waals surface area contributed by atoms with Gasteiger partial charge >= 0.3 is 0 Å². The van der Waals surface area contributed by atoms with Gasteiger partial charge in [-0.25, -0.2) is 13.8 Å². The van der Waals surface area contributed by atoms with E-state index in [2.05, 4.69) is 10.3 Å². The Kier molecular flexibility index (Phi) is 4.50. The maximum Gasteiger partial charge on any atom is 0.146 e. The van der Waals surface area contributed by atoms with E-state index in [9.17, 15) is 8.78 Å². The average Bonchev–Trinajstić information content (AvgIpc) is 2.37. The molecular weight excluding hydrogens is 313 g/mol. The van der Waals surface area contributed by atoms with Gasteiger partial charge in [-0.2, -0.15) is 0 Å². The molecule has 19 heavy (non-hydrogen) atoms. The molecule has 0 saturated carbocycles.